The van der Waals surface area contributed by atoms with Gasteiger partial charge in [0, 0.05) is 4.88 Å². The van der Waals surface area contributed by atoms with Crippen molar-refractivity contribution in [2.24, 2.45) is 11.8 Å². The van der Waals surface area contributed by atoms with Crippen molar-refractivity contribution < 1.29 is 9.53 Å². The molecule has 1 fully saturated rings. The molecule has 0 aliphatic heterocycles. The molecule has 0 radical (unpaired) electrons. The molecule has 0 N–H and O–H groups in total. The predicted molar refractivity (Wildman–Crippen MR) is 82.3 cm³/mol. The lowest BCUT2D eigenvalue weighted by molar-refractivity contribution is 0.0113. The van der Waals surface area contributed by atoms with E-state index in [0.29, 0.717) is 5.92 Å². The highest BCUT2D eigenvalue weighted by molar-refractivity contribution is 7.14. The van der Waals surface area contributed by atoms with Crippen LogP contribution in [-0.2, 0) is 17.6 Å². The minimum absolute atomic E-state index is 0.127. The highest BCUT2D eigenvalue weighted by Crippen LogP contribution is 2.33. The summed E-state index contributed by atoms with van der Waals surface area (Å²) >= 11 is 1.59. The Morgan fingerprint density at radius 2 is 2.19 bits per heavy atom. The number of hydrogen-bond donors (Lipinski definition) is 0. The molecule has 112 valence electrons. The van der Waals surface area contributed by atoms with Crippen molar-refractivity contribution in [1.29, 1.82) is 5.26 Å². The fourth-order valence-corrected chi connectivity index (χ4v) is 4.48. The van der Waals surface area contributed by atoms with Gasteiger partial charge in [-0.05, 0) is 56.1 Å². The zero-order valence-electron chi connectivity index (χ0n) is 12.4. The molecule has 4 heteroatoms. The van der Waals surface area contributed by atoms with Crippen LogP contribution in [0.25, 0.3) is 0 Å². The van der Waals surface area contributed by atoms with Gasteiger partial charge in [-0.15, -0.1) is 11.3 Å². The van der Waals surface area contributed by atoms with Crippen molar-refractivity contribution in [2.75, 3.05) is 0 Å². The van der Waals surface area contributed by atoms with Gasteiger partial charge in [-0.25, -0.2) is 4.79 Å². The summed E-state index contributed by atoms with van der Waals surface area (Å²) < 4.78 is 5.63. The Balaban J connectivity index is 1.69. The van der Waals surface area contributed by atoms with E-state index in [0.717, 1.165) is 43.4 Å². The number of fused-ring (bicyclic) bond motifs is 1. The number of rotatable bonds is 2. The maximum Gasteiger partial charge on any atom is 0.348 e. The van der Waals surface area contributed by atoms with E-state index in [1.54, 1.807) is 11.3 Å². The number of thiophene rings is 1. The van der Waals surface area contributed by atoms with E-state index >= 15 is 0 Å². The highest BCUT2D eigenvalue weighted by atomic mass is 32.1. The Morgan fingerprint density at radius 3 is 3.00 bits per heavy atom. The monoisotopic (exact) mass is 303 g/mol. The lowest BCUT2D eigenvalue weighted by Gasteiger charge is -2.26. The molecule has 0 aromatic carbocycles. The Hall–Kier alpha value is -1.34. The normalized spacial score (nSPS) is 28.5. The smallest absolute Gasteiger partial charge is 0.348 e. The van der Waals surface area contributed by atoms with Gasteiger partial charge in [0.25, 0.3) is 0 Å². The van der Waals surface area contributed by atoms with Gasteiger partial charge < -0.3 is 4.74 Å². The molecule has 1 aromatic rings. The first-order valence-electron chi connectivity index (χ1n) is 7.89. The summed E-state index contributed by atoms with van der Waals surface area (Å²) in [5, 5.41) is 9.17. The topological polar surface area (TPSA) is 50.1 Å². The summed E-state index contributed by atoms with van der Waals surface area (Å²) in [6.45, 7) is 2.26. The van der Waals surface area contributed by atoms with Crippen LogP contribution >= 0.6 is 11.3 Å². The molecule has 3 nitrogen and oxygen atoms in total. The largest absolute Gasteiger partial charge is 0.457 e. The van der Waals surface area contributed by atoms with Gasteiger partial charge in [0.1, 0.15) is 11.0 Å². The Kier molecular flexibility index (Phi) is 4.30. The summed E-state index contributed by atoms with van der Waals surface area (Å²) in [6, 6.07) is 4.31. The predicted octanol–water partition coefficient (Wildman–Crippen LogP) is 4.11. The van der Waals surface area contributed by atoms with Gasteiger partial charge in [0.05, 0.1) is 12.0 Å². The molecule has 2 aliphatic carbocycles. The van der Waals surface area contributed by atoms with Gasteiger partial charge >= 0.3 is 5.97 Å². The van der Waals surface area contributed by atoms with Crippen molar-refractivity contribution in [3.8, 4) is 6.07 Å². The molecular weight excluding hydrogens is 282 g/mol. The molecule has 21 heavy (non-hydrogen) atoms. The van der Waals surface area contributed by atoms with Crippen LogP contribution in [0.1, 0.15) is 59.1 Å². The third-order valence-electron chi connectivity index (χ3n) is 4.66. The molecule has 0 amide bonds. The summed E-state index contributed by atoms with van der Waals surface area (Å²) in [6.07, 6.45) is 6.95. The van der Waals surface area contributed by atoms with Crippen molar-refractivity contribution in [3.05, 3.63) is 21.4 Å². The fraction of sp³-hybridized carbons (Fsp3) is 0.647. The second-order valence-electron chi connectivity index (χ2n) is 6.37. The van der Waals surface area contributed by atoms with E-state index in [2.05, 4.69) is 13.0 Å². The van der Waals surface area contributed by atoms with Gasteiger partial charge in [-0.2, -0.15) is 5.26 Å². The van der Waals surface area contributed by atoms with Crippen LogP contribution in [0.4, 0.5) is 0 Å². The van der Waals surface area contributed by atoms with Gasteiger partial charge in [-0.1, -0.05) is 13.3 Å². The zero-order chi connectivity index (χ0) is 14.8. The van der Waals surface area contributed by atoms with Crippen LogP contribution in [0.3, 0.4) is 0 Å². The van der Waals surface area contributed by atoms with Crippen LogP contribution in [0, 0.1) is 23.2 Å². The number of ether oxygens (including phenoxy) is 1. The average molecular weight is 303 g/mol. The lowest BCUT2D eigenvalue weighted by Crippen LogP contribution is -2.29. The molecular formula is C17H21NO2S. The van der Waals surface area contributed by atoms with Crippen molar-refractivity contribution in [2.45, 2.75) is 58.0 Å². The first kappa shape index (κ1) is 14.6. The molecule has 1 heterocycles. The minimum Gasteiger partial charge on any atom is -0.457 e. The number of nitriles is 1. The number of hydrogen-bond acceptors (Lipinski definition) is 4. The summed E-state index contributed by atoms with van der Waals surface area (Å²) in [4.78, 5) is 14.4. The number of carbonyl (C=O) groups excluding carboxylic acids is 1. The molecule has 2 aliphatic rings. The summed E-state index contributed by atoms with van der Waals surface area (Å²) in [7, 11) is 0. The molecule has 3 unspecified atom stereocenters. The quantitative estimate of drug-likeness (QED) is 0.772. The molecule has 3 atom stereocenters. The van der Waals surface area contributed by atoms with E-state index in [1.165, 1.54) is 16.9 Å². The molecule has 0 bridgehead atoms. The molecule has 1 saturated carbocycles. The standard InChI is InChI=1S/C17H21NO2S/c1-11-6-7-15-13(8-11)9-16(21-15)17(19)20-14-5-3-2-4-12(14)10-18/h9,11-12,14H,2-8H2,1H3. The minimum atomic E-state index is -0.228. The van der Waals surface area contributed by atoms with Crippen LogP contribution < -0.4 is 0 Å². The van der Waals surface area contributed by atoms with Gasteiger partial charge in [0.2, 0.25) is 0 Å². The third-order valence-corrected chi connectivity index (χ3v) is 5.87. The van der Waals surface area contributed by atoms with Gasteiger partial charge in [-0.3, -0.25) is 0 Å². The number of carbonyl (C=O) groups is 1. The van der Waals surface area contributed by atoms with Gasteiger partial charge in [0.15, 0.2) is 0 Å². The van der Waals surface area contributed by atoms with Crippen LogP contribution in [0.5, 0.6) is 0 Å². The Bertz CT molecular complexity index is 572. The van der Waals surface area contributed by atoms with Crippen LogP contribution in [0.15, 0.2) is 6.07 Å². The first-order chi connectivity index (χ1) is 10.2. The van der Waals surface area contributed by atoms with Crippen LogP contribution in [0.2, 0.25) is 0 Å². The zero-order valence-corrected chi connectivity index (χ0v) is 13.2. The van der Waals surface area contributed by atoms with Crippen molar-refractivity contribution in [1.82, 2.24) is 0 Å². The second-order valence-corrected chi connectivity index (χ2v) is 7.51. The maximum absolute atomic E-state index is 12.4. The highest BCUT2D eigenvalue weighted by Gasteiger charge is 2.29. The number of nitrogens with zero attached hydrogens (tertiary/aromatic N) is 1. The summed E-state index contributed by atoms with van der Waals surface area (Å²) in [5.74, 6) is 0.351. The summed E-state index contributed by atoms with van der Waals surface area (Å²) in [5.41, 5.74) is 1.33. The average Bonchev–Trinajstić information content (AvgIpc) is 2.91. The maximum atomic E-state index is 12.4. The fourth-order valence-electron chi connectivity index (χ4n) is 3.39. The molecule has 0 saturated heterocycles. The first-order valence-corrected chi connectivity index (χ1v) is 8.71. The molecule has 1 aromatic heterocycles. The Labute approximate surface area is 129 Å². The van der Waals surface area contributed by atoms with E-state index in [1.807, 2.05) is 6.07 Å². The third kappa shape index (κ3) is 3.13. The van der Waals surface area contributed by atoms with E-state index in [4.69, 9.17) is 10.00 Å². The number of esters is 1. The number of aryl methyl sites for hydroxylation is 1. The van der Waals surface area contributed by atoms with E-state index < -0.39 is 0 Å². The van der Waals surface area contributed by atoms with Crippen LogP contribution in [-0.4, -0.2) is 12.1 Å². The Morgan fingerprint density at radius 1 is 1.38 bits per heavy atom. The molecule has 0 spiro atoms. The molecule has 3 rings (SSSR count). The van der Waals surface area contributed by atoms with Crippen molar-refractivity contribution in [3.63, 3.8) is 0 Å². The SMILES string of the molecule is CC1CCc2sc(C(=O)OC3CCCCC3C#N)cc2C1. The van der Waals surface area contributed by atoms with Crippen molar-refractivity contribution >= 4 is 17.3 Å². The van der Waals surface area contributed by atoms with E-state index in [-0.39, 0.29) is 18.0 Å². The second kappa shape index (κ2) is 6.19. The van der Waals surface area contributed by atoms with E-state index in [9.17, 15) is 4.79 Å². The lowest BCUT2D eigenvalue weighted by atomic mass is 9.87.